The Labute approximate surface area is 108 Å². The summed E-state index contributed by atoms with van der Waals surface area (Å²) < 4.78 is 10.8. The van der Waals surface area contributed by atoms with Crippen molar-refractivity contribution in [2.45, 2.75) is 32.6 Å². The number of hydrogen-bond acceptors (Lipinski definition) is 4. The molecule has 100 valence electrons. The van der Waals surface area contributed by atoms with Crippen molar-refractivity contribution in [1.29, 1.82) is 0 Å². The number of hydrogen-bond donors (Lipinski definition) is 1. The van der Waals surface area contributed by atoms with Crippen LogP contribution in [0.2, 0.25) is 0 Å². The minimum absolute atomic E-state index is 0.185. The van der Waals surface area contributed by atoms with Crippen LogP contribution >= 0.6 is 0 Å². The molecule has 1 fully saturated rings. The highest BCUT2D eigenvalue weighted by atomic mass is 16.5. The van der Waals surface area contributed by atoms with Gasteiger partial charge in [-0.2, -0.15) is 0 Å². The summed E-state index contributed by atoms with van der Waals surface area (Å²) >= 11 is 0. The monoisotopic (exact) mass is 251 g/mol. The van der Waals surface area contributed by atoms with Crippen LogP contribution in [0.1, 0.15) is 19.4 Å². The summed E-state index contributed by atoms with van der Waals surface area (Å²) in [6.07, 6.45) is 0.542. The zero-order chi connectivity index (χ0) is 13.1. The molecule has 0 aromatic heterocycles. The Morgan fingerprint density at radius 1 is 1.33 bits per heavy atom. The lowest BCUT2D eigenvalue weighted by Crippen LogP contribution is -2.44. The van der Waals surface area contributed by atoms with E-state index < -0.39 is 0 Å². The fourth-order valence-electron chi connectivity index (χ4n) is 2.49. The van der Waals surface area contributed by atoms with Gasteiger partial charge in [-0.05, 0) is 31.5 Å². The van der Waals surface area contributed by atoms with Gasteiger partial charge in [-0.3, -0.25) is 4.90 Å². The van der Waals surface area contributed by atoms with E-state index in [0.717, 1.165) is 25.2 Å². The molecule has 1 N–H and O–H groups in total. The van der Waals surface area contributed by atoms with Crippen LogP contribution in [0.3, 0.4) is 0 Å². The van der Waals surface area contributed by atoms with Crippen molar-refractivity contribution in [2.75, 3.05) is 20.2 Å². The van der Waals surface area contributed by atoms with Crippen LogP contribution in [0.4, 0.5) is 0 Å². The van der Waals surface area contributed by atoms with E-state index in [1.165, 1.54) is 0 Å². The van der Waals surface area contributed by atoms with Crippen LogP contribution in [0, 0.1) is 0 Å². The number of rotatable bonds is 3. The number of methoxy groups -OCH3 is 1. The molecule has 0 radical (unpaired) electrons. The minimum Gasteiger partial charge on any atom is -0.504 e. The van der Waals surface area contributed by atoms with Crippen LogP contribution in [0.15, 0.2) is 18.2 Å². The first-order valence-electron chi connectivity index (χ1n) is 6.32. The summed E-state index contributed by atoms with van der Waals surface area (Å²) in [5, 5.41) is 9.57. The van der Waals surface area contributed by atoms with E-state index in [2.05, 4.69) is 18.7 Å². The Kier molecular flexibility index (Phi) is 4.09. The molecule has 1 heterocycles. The van der Waals surface area contributed by atoms with Gasteiger partial charge in [0.2, 0.25) is 0 Å². The lowest BCUT2D eigenvalue weighted by molar-refractivity contribution is -0.0705. The van der Waals surface area contributed by atoms with Crippen molar-refractivity contribution in [1.82, 2.24) is 4.90 Å². The Morgan fingerprint density at radius 3 is 2.61 bits per heavy atom. The van der Waals surface area contributed by atoms with Gasteiger partial charge >= 0.3 is 0 Å². The fraction of sp³-hybridized carbons (Fsp3) is 0.571. The molecule has 2 atom stereocenters. The fourth-order valence-corrected chi connectivity index (χ4v) is 2.49. The maximum atomic E-state index is 9.57. The summed E-state index contributed by atoms with van der Waals surface area (Å²) in [6, 6.07) is 5.50. The van der Waals surface area contributed by atoms with Crippen molar-refractivity contribution < 1.29 is 14.6 Å². The average molecular weight is 251 g/mol. The number of ether oxygens (including phenoxy) is 2. The third-order valence-corrected chi connectivity index (χ3v) is 3.15. The molecule has 1 aliphatic heterocycles. The van der Waals surface area contributed by atoms with Gasteiger partial charge in [-0.1, -0.05) is 6.07 Å². The van der Waals surface area contributed by atoms with Gasteiger partial charge in [0.05, 0.1) is 19.3 Å². The van der Waals surface area contributed by atoms with Crippen LogP contribution in [0.5, 0.6) is 11.5 Å². The highest BCUT2D eigenvalue weighted by molar-refractivity contribution is 5.41. The van der Waals surface area contributed by atoms with Crippen molar-refractivity contribution in [3.05, 3.63) is 23.8 Å². The molecule has 0 amide bonds. The zero-order valence-electron chi connectivity index (χ0n) is 11.2. The van der Waals surface area contributed by atoms with Crippen LogP contribution in [-0.2, 0) is 11.3 Å². The standard InChI is InChI=1S/C14H21NO3/c1-10-7-15(8-11(2)18-10)9-12-4-5-13(16)14(6-12)17-3/h4-6,10-11,16H,7-9H2,1-3H3/t10-,11+. The molecule has 0 spiro atoms. The molecule has 1 aromatic rings. The molecule has 0 bridgehead atoms. The smallest absolute Gasteiger partial charge is 0.160 e. The number of aromatic hydroxyl groups is 1. The topological polar surface area (TPSA) is 41.9 Å². The van der Waals surface area contributed by atoms with Crippen LogP contribution in [0.25, 0.3) is 0 Å². The van der Waals surface area contributed by atoms with Gasteiger partial charge < -0.3 is 14.6 Å². The second kappa shape index (κ2) is 5.59. The number of benzene rings is 1. The van der Waals surface area contributed by atoms with E-state index >= 15 is 0 Å². The first kappa shape index (κ1) is 13.2. The normalized spacial score (nSPS) is 25.1. The van der Waals surface area contributed by atoms with Crippen molar-refractivity contribution in [3.8, 4) is 11.5 Å². The molecule has 0 unspecified atom stereocenters. The van der Waals surface area contributed by atoms with Crippen molar-refractivity contribution >= 4 is 0 Å². The maximum absolute atomic E-state index is 9.57. The molecule has 4 nitrogen and oxygen atoms in total. The van der Waals surface area contributed by atoms with Crippen molar-refractivity contribution in [2.24, 2.45) is 0 Å². The second-order valence-electron chi connectivity index (χ2n) is 4.96. The van der Waals surface area contributed by atoms with Gasteiger partial charge in [0.1, 0.15) is 0 Å². The SMILES string of the molecule is COc1cc(CN2C[C@@H](C)O[C@@H](C)C2)ccc1O. The van der Waals surface area contributed by atoms with Gasteiger partial charge in [0, 0.05) is 19.6 Å². The maximum Gasteiger partial charge on any atom is 0.160 e. The molecule has 0 aliphatic carbocycles. The Balaban J connectivity index is 2.04. The predicted octanol–water partition coefficient (Wildman–Crippen LogP) is 2.01. The highest BCUT2D eigenvalue weighted by Gasteiger charge is 2.22. The lowest BCUT2D eigenvalue weighted by atomic mass is 10.1. The van der Waals surface area contributed by atoms with E-state index in [4.69, 9.17) is 9.47 Å². The minimum atomic E-state index is 0.185. The van der Waals surface area contributed by atoms with E-state index in [0.29, 0.717) is 5.75 Å². The first-order valence-corrected chi connectivity index (χ1v) is 6.32. The molecule has 1 aromatic carbocycles. The summed E-state index contributed by atoms with van der Waals surface area (Å²) in [6.45, 7) is 6.93. The van der Waals surface area contributed by atoms with E-state index in [1.54, 1.807) is 13.2 Å². The third kappa shape index (κ3) is 3.15. The summed E-state index contributed by atoms with van der Waals surface area (Å²) in [7, 11) is 1.57. The molecule has 0 saturated carbocycles. The average Bonchev–Trinajstić information content (AvgIpc) is 2.30. The quantitative estimate of drug-likeness (QED) is 0.892. The molecular formula is C14H21NO3. The molecule has 18 heavy (non-hydrogen) atoms. The molecule has 2 rings (SSSR count). The van der Waals surface area contributed by atoms with Crippen molar-refractivity contribution in [3.63, 3.8) is 0 Å². The first-order chi connectivity index (χ1) is 8.58. The van der Waals surface area contributed by atoms with E-state index in [1.807, 2.05) is 12.1 Å². The van der Waals surface area contributed by atoms with Gasteiger partial charge in [-0.15, -0.1) is 0 Å². The second-order valence-corrected chi connectivity index (χ2v) is 4.96. The van der Waals surface area contributed by atoms with E-state index in [9.17, 15) is 5.11 Å². The summed E-state index contributed by atoms with van der Waals surface area (Å²) in [5.74, 6) is 0.715. The Bertz CT molecular complexity index is 398. The third-order valence-electron chi connectivity index (χ3n) is 3.15. The Morgan fingerprint density at radius 2 is 2.00 bits per heavy atom. The predicted molar refractivity (Wildman–Crippen MR) is 69.9 cm³/mol. The van der Waals surface area contributed by atoms with Gasteiger partial charge in [0.25, 0.3) is 0 Å². The van der Waals surface area contributed by atoms with Gasteiger partial charge in [0.15, 0.2) is 11.5 Å². The van der Waals surface area contributed by atoms with Crippen LogP contribution in [-0.4, -0.2) is 42.4 Å². The molecular weight excluding hydrogens is 230 g/mol. The summed E-state index contributed by atoms with van der Waals surface area (Å²) in [4.78, 5) is 2.37. The van der Waals surface area contributed by atoms with Crippen LogP contribution < -0.4 is 4.74 Å². The molecule has 1 saturated heterocycles. The lowest BCUT2D eigenvalue weighted by Gasteiger charge is -2.35. The largest absolute Gasteiger partial charge is 0.504 e. The Hall–Kier alpha value is -1.26. The number of phenolic OH excluding ortho intramolecular Hbond substituents is 1. The number of morpholine rings is 1. The number of phenols is 1. The zero-order valence-corrected chi connectivity index (χ0v) is 11.2. The number of nitrogens with zero attached hydrogens (tertiary/aromatic N) is 1. The molecule has 4 heteroatoms. The molecule has 1 aliphatic rings. The van der Waals surface area contributed by atoms with Gasteiger partial charge in [-0.25, -0.2) is 0 Å². The van der Waals surface area contributed by atoms with E-state index in [-0.39, 0.29) is 18.0 Å². The summed E-state index contributed by atoms with van der Waals surface area (Å²) in [5.41, 5.74) is 1.14. The highest BCUT2D eigenvalue weighted by Crippen LogP contribution is 2.27.